The van der Waals surface area contributed by atoms with Crippen LogP contribution in [-0.4, -0.2) is 30.6 Å². The summed E-state index contributed by atoms with van der Waals surface area (Å²) >= 11 is 1.45. The molecule has 0 spiro atoms. The molecule has 0 aliphatic heterocycles. The van der Waals surface area contributed by atoms with Crippen molar-refractivity contribution in [2.75, 3.05) is 6.61 Å². The van der Waals surface area contributed by atoms with E-state index < -0.39 is 24.5 Å². The van der Waals surface area contributed by atoms with Gasteiger partial charge >= 0.3 is 12.0 Å². The Morgan fingerprint density at radius 1 is 1.36 bits per heavy atom. The van der Waals surface area contributed by atoms with Gasteiger partial charge in [0.25, 0.3) is 5.91 Å². The third kappa shape index (κ3) is 5.56. The highest BCUT2D eigenvalue weighted by Gasteiger charge is 2.23. The summed E-state index contributed by atoms with van der Waals surface area (Å²) in [5.74, 6) is -0.466. The average molecular weight is 366 g/mol. The fourth-order valence-electron chi connectivity index (χ4n) is 2.78. The lowest BCUT2D eigenvalue weighted by Gasteiger charge is -2.19. The quantitative estimate of drug-likeness (QED) is 0.758. The van der Waals surface area contributed by atoms with E-state index in [1.165, 1.54) is 21.8 Å². The second-order valence-electron chi connectivity index (χ2n) is 6.48. The molecule has 0 radical (unpaired) electrons. The molecule has 2 rings (SSSR count). The van der Waals surface area contributed by atoms with Crippen molar-refractivity contribution < 1.29 is 19.1 Å². The normalized spacial score (nSPS) is 17.3. The zero-order valence-corrected chi connectivity index (χ0v) is 15.8. The predicted molar refractivity (Wildman–Crippen MR) is 96.8 cm³/mol. The van der Waals surface area contributed by atoms with Gasteiger partial charge in [0.2, 0.25) is 0 Å². The first-order valence-corrected chi connectivity index (χ1v) is 9.63. The number of thiophene rings is 1. The Hall–Kier alpha value is -1.89. The van der Waals surface area contributed by atoms with Crippen molar-refractivity contribution in [3.8, 4) is 0 Å². The summed E-state index contributed by atoms with van der Waals surface area (Å²) in [5, 5.41) is 4.76. The lowest BCUT2D eigenvalue weighted by atomic mass is 9.87. The van der Waals surface area contributed by atoms with E-state index in [2.05, 4.69) is 17.6 Å². The number of carbonyl (C=O) groups is 3. The van der Waals surface area contributed by atoms with Crippen LogP contribution in [0.25, 0.3) is 0 Å². The lowest BCUT2D eigenvalue weighted by molar-refractivity contribution is -0.123. The van der Waals surface area contributed by atoms with E-state index >= 15 is 0 Å². The molecule has 2 N–H and O–H groups in total. The summed E-state index contributed by atoms with van der Waals surface area (Å²) in [5.41, 5.74) is 1.23. The second-order valence-corrected chi connectivity index (χ2v) is 7.62. The summed E-state index contributed by atoms with van der Waals surface area (Å²) in [6, 6.07) is 1.28. The van der Waals surface area contributed by atoms with E-state index in [9.17, 15) is 14.4 Å². The van der Waals surface area contributed by atoms with Gasteiger partial charge in [-0.05, 0) is 50.2 Å². The monoisotopic (exact) mass is 366 g/mol. The summed E-state index contributed by atoms with van der Waals surface area (Å²) < 4.78 is 5.03. The molecule has 1 aromatic heterocycles. The van der Waals surface area contributed by atoms with Crippen molar-refractivity contribution in [1.29, 1.82) is 0 Å². The Morgan fingerprint density at radius 3 is 2.80 bits per heavy atom. The number of ether oxygens (including phenoxy) is 1. The second kappa shape index (κ2) is 8.99. The first kappa shape index (κ1) is 19.4. The molecule has 0 unspecified atom stereocenters. The number of urea groups is 1. The Labute approximate surface area is 152 Å². The number of hydrogen-bond acceptors (Lipinski definition) is 5. The molecule has 7 heteroatoms. The third-order valence-corrected chi connectivity index (χ3v) is 5.76. The van der Waals surface area contributed by atoms with Crippen LogP contribution in [0.5, 0.6) is 0 Å². The number of nitrogens with one attached hydrogen (secondary N) is 2. The summed E-state index contributed by atoms with van der Waals surface area (Å²) in [4.78, 5) is 37.1. The van der Waals surface area contributed by atoms with Crippen LogP contribution in [0.2, 0.25) is 0 Å². The molecule has 0 aromatic carbocycles. The SMILES string of the molecule is CC[C@@H]1CCc2sc(C(=O)OCC(=O)NC(=O)N[C@H](C)CC)cc2C1. The Morgan fingerprint density at radius 2 is 2.12 bits per heavy atom. The molecule has 25 heavy (non-hydrogen) atoms. The van der Waals surface area contributed by atoms with Crippen LogP contribution in [0.1, 0.15) is 60.1 Å². The number of aryl methyl sites for hydroxylation is 1. The zero-order valence-electron chi connectivity index (χ0n) is 15.0. The molecule has 1 aliphatic rings. The highest BCUT2D eigenvalue weighted by atomic mass is 32.1. The van der Waals surface area contributed by atoms with Crippen molar-refractivity contribution in [2.24, 2.45) is 5.92 Å². The van der Waals surface area contributed by atoms with Gasteiger partial charge in [0.05, 0.1) is 0 Å². The molecule has 3 amide bonds. The van der Waals surface area contributed by atoms with Crippen LogP contribution in [0, 0.1) is 5.92 Å². The van der Waals surface area contributed by atoms with Crippen molar-refractivity contribution >= 4 is 29.2 Å². The largest absolute Gasteiger partial charge is 0.451 e. The number of carbonyl (C=O) groups excluding carboxylic acids is 3. The number of esters is 1. The summed E-state index contributed by atoms with van der Waals surface area (Å²) in [7, 11) is 0. The molecule has 0 bridgehead atoms. The number of hydrogen-bond donors (Lipinski definition) is 2. The zero-order chi connectivity index (χ0) is 18.4. The van der Waals surface area contributed by atoms with E-state index in [1.54, 1.807) is 0 Å². The van der Waals surface area contributed by atoms with Crippen LogP contribution in [0.4, 0.5) is 4.79 Å². The third-order valence-electron chi connectivity index (χ3n) is 4.54. The van der Waals surface area contributed by atoms with Crippen molar-refractivity contribution in [2.45, 2.75) is 58.9 Å². The van der Waals surface area contributed by atoms with Crippen molar-refractivity contribution in [1.82, 2.24) is 10.6 Å². The van der Waals surface area contributed by atoms with E-state index in [0.29, 0.717) is 10.8 Å². The molecular formula is C18H26N2O4S. The predicted octanol–water partition coefficient (Wildman–Crippen LogP) is 3.04. The van der Waals surface area contributed by atoms with Gasteiger partial charge in [0.15, 0.2) is 6.61 Å². The Kier molecular flexibility index (Phi) is 6.99. The van der Waals surface area contributed by atoms with Gasteiger partial charge in [0, 0.05) is 10.9 Å². The highest BCUT2D eigenvalue weighted by molar-refractivity contribution is 7.14. The molecule has 138 valence electrons. The molecular weight excluding hydrogens is 340 g/mol. The molecule has 1 aliphatic carbocycles. The van der Waals surface area contributed by atoms with E-state index in [0.717, 1.165) is 32.1 Å². The van der Waals surface area contributed by atoms with Gasteiger partial charge in [0.1, 0.15) is 4.88 Å². The molecule has 0 saturated carbocycles. The number of fused-ring (bicyclic) bond motifs is 1. The maximum atomic E-state index is 12.1. The maximum Gasteiger partial charge on any atom is 0.348 e. The van der Waals surface area contributed by atoms with Gasteiger partial charge in [-0.3, -0.25) is 10.1 Å². The maximum absolute atomic E-state index is 12.1. The van der Waals surface area contributed by atoms with E-state index in [4.69, 9.17) is 4.74 Å². The summed E-state index contributed by atoms with van der Waals surface area (Å²) in [6.07, 6.45) is 5.08. The number of imide groups is 1. The van der Waals surface area contributed by atoms with Crippen molar-refractivity contribution in [3.63, 3.8) is 0 Å². The summed E-state index contributed by atoms with van der Waals surface area (Å²) in [6.45, 7) is 5.49. The van der Waals surface area contributed by atoms with Crippen molar-refractivity contribution in [3.05, 3.63) is 21.4 Å². The molecule has 2 atom stereocenters. The van der Waals surface area contributed by atoms with Crippen LogP contribution in [0.3, 0.4) is 0 Å². The van der Waals surface area contributed by atoms with E-state index in [1.807, 2.05) is 19.9 Å². The minimum Gasteiger partial charge on any atom is -0.451 e. The first-order valence-electron chi connectivity index (χ1n) is 8.81. The minimum absolute atomic E-state index is 0.0280. The van der Waals surface area contributed by atoms with Gasteiger partial charge in [-0.25, -0.2) is 9.59 Å². The Bertz CT molecular complexity index is 641. The first-order chi connectivity index (χ1) is 11.9. The molecule has 0 fully saturated rings. The smallest absolute Gasteiger partial charge is 0.348 e. The fourth-order valence-corrected chi connectivity index (χ4v) is 3.88. The highest BCUT2D eigenvalue weighted by Crippen LogP contribution is 2.33. The molecule has 1 aromatic rings. The fraction of sp³-hybridized carbons (Fsp3) is 0.611. The van der Waals surface area contributed by atoms with Crippen LogP contribution >= 0.6 is 11.3 Å². The number of rotatable bonds is 6. The van der Waals surface area contributed by atoms with Gasteiger partial charge in [-0.15, -0.1) is 11.3 Å². The van der Waals surface area contributed by atoms with Gasteiger partial charge < -0.3 is 10.1 Å². The molecule has 0 saturated heterocycles. The minimum atomic E-state index is -0.637. The average Bonchev–Trinajstić information content (AvgIpc) is 3.02. The topological polar surface area (TPSA) is 84.5 Å². The number of amides is 3. The molecule has 6 nitrogen and oxygen atoms in total. The lowest BCUT2D eigenvalue weighted by Crippen LogP contribution is -2.44. The van der Waals surface area contributed by atoms with Crippen LogP contribution in [0.15, 0.2) is 6.07 Å². The van der Waals surface area contributed by atoms with Gasteiger partial charge in [-0.1, -0.05) is 20.3 Å². The Balaban J connectivity index is 1.82. The van der Waals surface area contributed by atoms with Gasteiger partial charge in [-0.2, -0.15) is 0 Å². The van der Waals surface area contributed by atoms with E-state index in [-0.39, 0.29) is 6.04 Å². The van der Waals surface area contributed by atoms with Crippen LogP contribution in [-0.2, 0) is 22.4 Å². The standard InChI is InChI=1S/C18H26N2O4S/c1-4-11(3)19-18(23)20-16(21)10-24-17(22)15-9-13-8-12(5-2)6-7-14(13)25-15/h9,11-12H,4-8,10H2,1-3H3,(H2,19,20,21,23)/t11-,12-/m1/s1. The molecule has 1 heterocycles. The van der Waals surface area contributed by atoms with Crippen LogP contribution < -0.4 is 10.6 Å².